The van der Waals surface area contributed by atoms with Gasteiger partial charge in [-0.05, 0) is 0 Å². The van der Waals surface area contributed by atoms with Gasteiger partial charge in [-0.3, -0.25) is 4.79 Å². The van der Waals surface area contributed by atoms with Crippen LogP contribution in [0.2, 0.25) is 0 Å². The Morgan fingerprint density at radius 2 is 2.00 bits per heavy atom. The zero-order chi connectivity index (χ0) is 9.69. The minimum Gasteiger partial charge on any atom is -0.341 e. The van der Waals surface area contributed by atoms with Gasteiger partial charge >= 0.3 is 0 Å². The van der Waals surface area contributed by atoms with Gasteiger partial charge in [0, 0.05) is 26.6 Å². The van der Waals surface area contributed by atoms with Gasteiger partial charge in [-0.1, -0.05) is 0 Å². The fraction of sp³-hybridized carbons (Fsp3) is 0.875. The van der Waals surface area contributed by atoms with Crippen molar-refractivity contribution < 1.29 is 13.6 Å². The van der Waals surface area contributed by atoms with Crippen LogP contribution in [0.1, 0.15) is 6.92 Å². The first-order valence-corrected chi connectivity index (χ1v) is 4.31. The van der Waals surface area contributed by atoms with Crippen LogP contribution in [-0.2, 0) is 4.79 Å². The van der Waals surface area contributed by atoms with Gasteiger partial charge in [-0.25, -0.2) is 8.78 Å². The highest BCUT2D eigenvalue weighted by Gasteiger charge is 2.63. The van der Waals surface area contributed by atoms with Gasteiger partial charge in [0.1, 0.15) is 0 Å². The van der Waals surface area contributed by atoms with E-state index in [1.807, 2.05) is 0 Å². The van der Waals surface area contributed by atoms with Crippen molar-refractivity contribution in [2.45, 2.75) is 12.8 Å². The lowest BCUT2D eigenvalue weighted by Crippen LogP contribution is -2.65. The lowest BCUT2D eigenvalue weighted by Gasteiger charge is -2.49. The van der Waals surface area contributed by atoms with Crippen LogP contribution in [0, 0.1) is 5.41 Å². The van der Waals surface area contributed by atoms with E-state index in [1.54, 1.807) is 0 Å². The van der Waals surface area contributed by atoms with E-state index in [4.69, 9.17) is 0 Å². The third kappa shape index (κ3) is 1.06. The number of carbonyl (C=O) groups is 1. The van der Waals surface area contributed by atoms with E-state index in [-0.39, 0.29) is 25.5 Å². The Labute approximate surface area is 75.1 Å². The van der Waals surface area contributed by atoms with E-state index in [9.17, 15) is 13.6 Å². The Morgan fingerprint density at radius 1 is 1.38 bits per heavy atom. The molecule has 2 fully saturated rings. The van der Waals surface area contributed by atoms with E-state index in [0.717, 1.165) is 0 Å². The molecule has 0 aromatic heterocycles. The van der Waals surface area contributed by atoms with E-state index < -0.39 is 11.3 Å². The second kappa shape index (κ2) is 2.41. The van der Waals surface area contributed by atoms with Crippen molar-refractivity contribution in [1.82, 2.24) is 10.2 Å². The van der Waals surface area contributed by atoms with Crippen molar-refractivity contribution in [1.29, 1.82) is 0 Å². The Morgan fingerprint density at radius 3 is 2.38 bits per heavy atom. The van der Waals surface area contributed by atoms with Crippen molar-refractivity contribution >= 4 is 5.91 Å². The number of halogens is 2. The summed E-state index contributed by atoms with van der Waals surface area (Å²) in [4.78, 5) is 12.3. The number of nitrogens with zero attached hydrogens (tertiary/aromatic N) is 1. The van der Waals surface area contributed by atoms with Crippen LogP contribution in [0.5, 0.6) is 0 Å². The molecule has 2 aliphatic rings. The van der Waals surface area contributed by atoms with Crippen LogP contribution in [0.25, 0.3) is 0 Å². The summed E-state index contributed by atoms with van der Waals surface area (Å²) < 4.78 is 26.6. The molecule has 2 aliphatic heterocycles. The van der Waals surface area contributed by atoms with Crippen molar-refractivity contribution in [2.75, 3.05) is 26.2 Å². The quantitative estimate of drug-likeness (QED) is 0.586. The molecule has 0 aliphatic carbocycles. The third-order valence-electron chi connectivity index (χ3n) is 3.02. The maximum Gasteiger partial charge on any atom is 0.270 e. The van der Waals surface area contributed by atoms with E-state index in [1.165, 1.54) is 11.8 Å². The molecule has 2 heterocycles. The SMILES string of the molecule is CC(=O)N1CC2(CNCC2(F)F)C1. The number of hydrogen-bond acceptors (Lipinski definition) is 2. The normalized spacial score (nSPS) is 29.0. The molecule has 1 N–H and O–H groups in total. The molecule has 0 aromatic rings. The molecular weight excluding hydrogens is 178 g/mol. The topological polar surface area (TPSA) is 32.3 Å². The maximum absolute atomic E-state index is 13.3. The Balaban J connectivity index is 2.07. The maximum atomic E-state index is 13.3. The third-order valence-corrected chi connectivity index (χ3v) is 3.02. The summed E-state index contributed by atoms with van der Waals surface area (Å²) >= 11 is 0. The highest BCUT2D eigenvalue weighted by Crippen LogP contribution is 2.46. The van der Waals surface area contributed by atoms with Gasteiger partial charge in [0.05, 0.1) is 12.0 Å². The van der Waals surface area contributed by atoms with Crippen molar-refractivity contribution in [2.24, 2.45) is 5.41 Å². The predicted molar refractivity (Wildman–Crippen MR) is 42.5 cm³/mol. The van der Waals surface area contributed by atoms with Crippen LogP contribution in [0.3, 0.4) is 0 Å². The molecular formula is C8H12F2N2O. The van der Waals surface area contributed by atoms with Crippen LogP contribution < -0.4 is 5.32 Å². The zero-order valence-electron chi connectivity index (χ0n) is 7.44. The standard InChI is InChI=1S/C8H12F2N2O/c1-6(13)12-4-7(5-12)2-11-3-8(7,9)10/h11H,2-5H2,1H3. The minimum absolute atomic E-state index is 0.117. The molecule has 13 heavy (non-hydrogen) atoms. The van der Waals surface area contributed by atoms with Gasteiger partial charge in [0.25, 0.3) is 5.92 Å². The molecule has 0 saturated carbocycles. The van der Waals surface area contributed by atoms with Gasteiger partial charge in [-0.2, -0.15) is 0 Å². The first-order valence-electron chi connectivity index (χ1n) is 4.31. The monoisotopic (exact) mass is 190 g/mol. The zero-order valence-corrected chi connectivity index (χ0v) is 7.44. The van der Waals surface area contributed by atoms with E-state index >= 15 is 0 Å². The van der Waals surface area contributed by atoms with Gasteiger partial charge < -0.3 is 10.2 Å². The number of nitrogens with one attached hydrogen (secondary N) is 1. The van der Waals surface area contributed by atoms with Crippen LogP contribution >= 0.6 is 0 Å². The fourth-order valence-electron chi connectivity index (χ4n) is 2.03. The molecule has 74 valence electrons. The second-order valence-electron chi connectivity index (χ2n) is 3.96. The Bertz CT molecular complexity index is 249. The number of hydrogen-bond donors (Lipinski definition) is 1. The molecule has 5 heteroatoms. The number of carbonyl (C=O) groups excluding carboxylic acids is 1. The Kier molecular flexibility index (Phi) is 1.64. The highest BCUT2D eigenvalue weighted by atomic mass is 19.3. The second-order valence-corrected chi connectivity index (χ2v) is 3.96. The minimum atomic E-state index is -2.65. The van der Waals surface area contributed by atoms with E-state index in [0.29, 0.717) is 6.54 Å². The summed E-state index contributed by atoms with van der Waals surface area (Å²) in [5, 5.41) is 2.68. The first kappa shape index (κ1) is 8.87. The average Bonchev–Trinajstić information content (AvgIpc) is 2.20. The van der Waals surface area contributed by atoms with Crippen LogP contribution in [-0.4, -0.2) is 42.9 Å². The summed E-state index contributed by atoms with van der Waals surface area (Å²) in [5.41, 5.74) is -0.974. The number of rotatable bonds is 0. The fourth-order valence-corrected chi connectivity index (χ4v) is 2.03. The molecule has 1 spiro atoms. The molecule has 2 saturated heterocycles. The van der Waals surface area contributed by atoms with Crippen LogP contribution in [0.4, 0.5) is 8.78 Å². The summed E-state index contributed by atoms with van der Waals surface area (Å²) in [6.45, 7) is 1.88. The smallest absolute Gasteiger partial charge is 0.270 e. The molecule has 0 radical (unpaired) electrons. The molecule has 1 amide bonds. The highest BCUT2D eigenvalue weighted by molar-refractivity contribution is 5.74. The van der Waals surface area contributed by atoms with Gasteiger partial charge in [-0.15, -0.1) is 0 Å². The van der Waals surface area contributed by atoms with E-state index in [2.05, 4.69) is 5.32 Å². The summed E-state index contributed by atoms with van der Waals surface area (Å²) in [6.07, 6.45) is 0. The van der Waals surface area contributed by atoms with Crippen LogP contribution in [0.15, 0.2) is 0 Å². The van der Waals surface area contributed by atoms with Crippen molar-refractivity contribution in [3.63, 3.8) is 0 Å². The average molecular weight is 190 g/mol. The van der Waals surface area contributed by atoms with Gasteiger partial charge in [0.2, 0.25) is 5.91 Å². The molecule has 0 unspecified atom stereocenters. The first-order chi connectivity index (χ1) is 5.97. The number of alkyl halides is 2. The summed E-state index contributed by atoms with van der Waals surface area (Å²) in [5.74, 6) is -2.77. The molecule has 3 nitrogen and oxygen atoms in total. The molecule has 0 atom stereocenters. The lowest BCUT2D eigenvalue weighted by molar-refractivity contribution is -0.171. The predicted octanol–water partition coefficient (Wildman–Crippen LogP) is 0.0734. The molecule has 0 aromatic carbocycles. The van der Waals surface area contributed by atoms with Gasteiger partial charge in [0.15, 0.2) is 0 Å². The summed E-state index contributed by atoms with van der Waals surface area (Å²) in [6, 6.07) is 0. The lowest BCUT2D eigenvalue weighted by atomic mass is 9.76. The number of likely N-dealkylation sites (tertiary alicyclic amines) is 1. The van der Waals surface area contributed by atoms with Crippen molar-refractivity contribution in [3.05, 3.63) is 0 Å². The molecule has 2 rings (SSSR count). The Hall–Kier alpha value is -0.710. The molecule has 0 bridgehead atoms. The largest absolute Gasteiger partial charge is 0.341 e. The van der Waals surface area contributed by atoms with Crippen molar-refractivity contribution in [3.8, 4) is 0 Å². The number of amides is 1. The summed E-state index contributed by atoms with van der Waals surface area (Å²) in [7, 11) is 0.